The predicted molar refractivity (Wildman–Crippen MR) is 203 cm³/mol. The van der Waals surface area contributed by atoms with Gasteiger partial charge in [-0.25, -0.2) is 0 Å². The predicted octanol–water partition coefficient (Wildman–Crippen LogP) is 9.46. The van der Waals surface area contributed by atoms with E-state index in [9.17, 15) is 26.3 Å². The number of hydrogen-bond acceptors (Lipinski definition) is 0. The first-order valence-corrected chi connectivity index (χ1v) is 19.7. The van der Waals surface area contributed by atoms with Gasteiger partial charge in [-0.3, -0.25) is 0 Å². The fraction of sp³-hybridized carbons (Fsp3) is 0.0952. The summed E-state index contributed by atoms with van der Waals surface area (Å²) in [5.74, 6) is 0. The Labute approximate surface area is 289 Å². The lowest BCUT2D eigenvalue weighted by Gasteiger charge is -2.28. The number of aryl methyl sites for hydroxylation is 2. The lowest BCUT2D eigenvalue weighted by molar-refractivity contribution is -0.138. The molecule has 0 aliphatic rings. The molecule has 254 valence electrons. The molecule has 0 nitrogen and oxygen atoms in total. The van der Waals surface area contributed by atoms with Crippen LogP contribution in [0.2, 0.25) is 0 Å². The molecule has 6 rings (SSSR count). The molecule has 0 aliphatic heterocycles. The Morgan fingerprint density at radius 2 is 0.540 bits per heavy atom. The summed E-state index contributed by atoms with van der Waals surface area (Å²) < 4.78 is 80.4. The molecule has 0 radical (unpaired) electrons. The van der Waals surface area contributed by atoms with Crippen molar-refractivity contribution in [2.75, 3.05) is 0 Å². The van der Waals surface area contributed by atoms with E-state index in [1.807, 2.05) is 24.3 Å². The molecular weight excluding hydrogens is 680 g/mol. The highest BCUT2D eigenvalue weighted by molar-refractivity contribution is 7.93. The fourth-order valence-corrected chi connectivity index (χ4v) is 11.9. The summed E-state index contributed by atoms with van der Waals surface area (Å²) in [4.78, 5) is 0. The summed E-state index contributed by atoms with van der Waals surface area (Å²) in [6.07, 6.45) is 0.326. The lowest BCUT2D eigenvalue weighted by Crippen LogP contribution is -2.26. The molecule has 0 saturated heterocycles. The van der Waals surface area contributed by atoms with Crippen LogP contribution in [0.3, 0.4) is 0 Å². The van der Waals surface area contributed by atoms with E-state index in [1.165, 1.54) is 46.0 Å². The Hall–Kier alpha value is -4.50. The second-order valence-corrected chi connectivity index (χ2v) is 18.8. The summed E-state index contributed by atoms with van der Waals surface area (Å²) in [5, 5.41) is 5.23. The minimum atomic E-state index is -4.53. The maximum Gasteiger partial charge on any atom is 0.416 e. The third-order valence-corrected chi connectivity index (χ3v) is 16.2. The van der Waals surface area contributed by atoms with Gasteiger partial charge in [0.25, 0.3) is 0 Å². The Kier molecular flexibility index (Phi) is 9.41. The lowest BCUT2D eigenvalue weighted by atomic mass is 10.1. The van der Waals surface area contributed by atoms with Crippen LogP contribution in [0.5, 0.6) is 0 Å². The molecule has 0 amide bonds. The molecule has 0 aromatic heterocycles. The van der Waals surface area contributed by atoms with Gasteiger partial charge in [-0.05, 0) is 94.8 Å². The zero-order chi connectivity index (χ0) is 35.9. The number of rotatable bonds is 7. The van der Waals surface area contributed by atoms with Gasteiger partial charge < -0.3 is 0 Å². The van der Waals surface area contributed by atoms with Crippen molar-refractivity contribution in [3.8, 4) is 11.1 Å². The third kappa shape index (κ3) is 6.80. The maximum absolute atomic E-state index is 13.4. The highest BCUT2D eigenvalue weighted by Gasteiger charge is 2.33. The molecule has 0 saturated carbocycles. The van der Waals surface area contributed by atoms with Crippen molar-refractivity contribution >= 4 is 58.2 Å². The Morgan fingerprint density at radius 3 is 0.760 bits per heavy atom. The summed E-state index contributed by atoms with van der Waals surface area (Å²) in [6.45, 7) is -0.950. The minimum absolute atomic E-state index is 0.519. The molecule has 0 N–H and O–H groups in total. The molecule has 0 fully saturated rings. The SMILES string of the molecule is C=P(c1ccc(C)cc1)(c1ccc(C)cc1)c1ccc(-c2ccc(P(=C)(c3ccc(C(F)(F)F)cc3)c3ccc(C(F)(F)F)cc3)cc2)cc1. The van der Waals surface area contributed by atoms with Gasteiger partial charge in [-0.2, -0.15) is 26.3 Å². The Bertz CT molecular complexity index is 2080. The van der Waals surface area contributed by atoms with Gasteiger partial charge >= 0.3 is 12.4 Å². The topological polar surface area (TPSA) is 0 Å². The van der Waals surface area contributed by atoms with E-state index in [4.69, 9.17) is 6.30 Å². The zero-order valence-corrected chi connectivity index (χ0v) is 29.2. The smallest absolute Gasteiger partial charge is 0.166 e. The highest BCUT2D eigenvalue weighted by Crippen LogP contribution is 2.45. The van der Waals surface area contributed by atoms with Crippen molar-refractivity contribution < 1.29 is 26.3 Å². The first kappa shape index (κ1) is 35.3. The van der Waals surface area contributed by atoms with Crippen LogP contribution >= 0.6 is 13.8 Å². The van der Waals surface area contributed by atoms with Crippen LogP contribution in [0.15, 0.2) is 146 Å². The summed E-state index contributed by atoms with van der Waals surface area (Å²) in [7, 11) is 0. The Morgan fingerprint density at radius 1 is 0.340 bits per heavy atom. The summed E-state index contributed by atoms with van der Waals surface area (Å²) >= 11 is 0. The molecule has 0 heterocycles. The Balaban J connectivity index is 1.38. The van der Waals surface area contributed by atoms with Gasteiger partial charge in [-0.15, -0.1) is 0 Å². The van der Waals surface area contributed by atoms with E-state index in [1.54, 1.807) is 0 Å². The molecular formula is C42H34F6P2. The normalized spacial score (nSPS) is 12.6. The third-order valence-electron chi connectivity index (χ3n) is 9.17. The van der Waals surface area contributed by atoms with Gasteiger partial charge in [0.15, 0.2) is 0 Å². The van der Waals surface area contributed by atoms with E-state index in [-0.39, 0.29) is 0 Å². The van der Waals surface area contributed by atoms with Crippen LogP contribution in [0.4, 0.5) is 26.3 Å². The van der Waals surface area contributed by atoms with Crippen LogP contribution in [0, 0.1) is 13.8 Å². The molecule has 8 heteroatoms. The van der Waals surface area contributed by atoms with Gasteiger partial charge in [0.1, 0.15) is 0 Å². The fourth-order valence-electron chi connectivity index (χ4n) is 6.12. The largest absolute Gasteiger partial charge is 0.416 e. The number of halogens is 6. The first-order chi connectivity index (χ1) is 23.6. The molecule has 0 unspecified atom stereocenters. The van der Waals surface area contributed by atoms with E-state index in [0.29, 0.717) is 10.6 Å². The van der Waals surface area contributed by atoms with Crippen molar-refractivity contribution in [3.63, 3.8) is 0 Å². The second-order valence-electron chi connectivity index (χ2n) is 12.5. The van der Waals surface area contributed by atoms with E-state index in [0.717, 1.165) is 46.0 Å². The second kappa shape index (κ2) is 13.3. The van der Waals surface area contributed by atoms with Crippen LogP contribution in [-0.4, -0.2) is 12.6 Å². The number of benzene rings is 6. The summed E-state index contributed by atoms with van der Waals surface area (Å²) in [6, 6.07) is 42.5. The first-order valence-electron chi connectivity index (χ1n) is 15.8. The zero-order valence-electron chi connectivity index (χ0n) is 27.4. The molecule has 6 aromatic rings. The molecule has 0 atom stereocenters. The number of hydrogen-bond donors (Lipinski definition) is 0. The standard InChI is InChI=1S/C42H34F6P2/c1-29-5-17-35(18-6-29)49(3,36-19-7-30(2)8-20-36)37-21-9-31(10-22-37)32-11-23-38(24-12-32)50(4,39-25-13-33(14-26-39)41(43,44)45)40-27-15-34(16-28-40)42(46,47)48/h5-28H,3-4H2,1-2H3. The van der Waals surface area contributed by atoms with Gasteiger partial charge in [-0.1, -0.05) is 145 Å². The van der Waals surface area contributed by atoms with Crippen molar-refractivity contribution in [3.05, 3.63) is 168 Å². The highest BCUT2D eigenvalue weighted by atomic mass is 31.2. The van der Waals surface area contributed by atoms with E-state index in [2.05, 4.69) is 92.9 Å². The van der Waals surface area contributed by atoms with Crippen LogP contribution < -0.4 is 31.8 Å². The van der Waals surface area contributed by atoms with Crippen molar-refractivity contribution in [1.82, 2.24) is 0 Å². The van der Waals surface area contributed by atoms with Gasteiger partial charge in [0.05, 0.1) is 11.1 Å². The van der Waals surface area contributed by atoms with Gasteiger partial charge in [0, 0.05) is 0 Å². The van der Waals surface area contributed by atoms with Crippen molar-refractivity contribution in [2.45, 2.75) is 26.2 Å². The van der Waals surface area contributed by atoms with Crippen LogP contribution in [0.1, 0.15) is 22.3 Å². The van der Waals surface area contributed by atoms with Crippen LogP contribution in [0.25, 0.3) is 11.1 Å². The average Bonchev–Trinajstić information content (AvgIpc) is 3.11. The summed E-state index contributed by atoms with van der Waals surface area (Å²) in [5.41, 5.74) is 2.60. The number of alkyl halides is 6. The van der Waals surface area contributed by atoms with Gasteiger partial charge in [0.2, 0.25) is 0 Å². The van der Waals surface area contributed by atoms with E-state index < -0.39 is 37.3 Å². The molecule has 50 heavy (non-hydrogen) atoms. The molecule has 0 aliphatic carbocycles. The van der Waals surface area contributed by atoms with E-state index >= 15 is 0 Å². The minimum Gasteiger partial charge on any atom is -0.166 e. The molecule has 0 bridgehead atoms. The monoisotopic (exact) mass is 714 g/mol. The average molecular weight is 715 g/mol. The quantitative estimate of drug-likeness (QED) is 0.114. The molecule has 6 aromatic carbocycles. The van der Waals surface area contributed by atoms with Crippen LogP contribution in [-0.2, 0) is 12.4 Å². The maximum atomic E-state index is 13.4. The van der Waals surface area contributed by atoms with Crippen molar-refractivity contribution in [2.24, 2.45) is 0 Å². The molecule has 0 spiro atoms. The van der Waals surface area contributed by atoms with Crippen molar-refractivity contribution in [1.29, 1.82) is 0 Å².